The Balaban J connectivity index is 2.35. The molecule has 0 bridgehead atoms. The number of nitrogens with two attached hydrogens (primary N) is 1. The molecule has 0 spiro atoms. The maximum Gasteiger partial charge on any atom is 0.335 e. The fourth-order valence-corrected chi connectivity index (χ4v) is 1.92. The first-order valence-corrected chi connectivity index (χ1v) is 6.77. The molecule has 0 unspecified atom stereocenters. The van der Waals surface area contributed by atoms with Crippen LogP contribution in [-0.4, -0.2) is 16.8 Å². The average Bonchev–Trinajstić information content (AvgIpc) is 2.55. The molecule has 0 heterocycles. The van der Waals surface area contributed by atoms with Crippen LogP contribution in [0.2, 0.25) is 0 Å². The largest absolute Gasteiger partial charge is 0.478 e. The highest BCUT2D eigenvalue weighted by Gasteiger charge is 2.06. The molecule has 116 valence electrons. The zero-order valence-corrected chi connectivity index (χ0v) is 12.2. The van der Waals surface area contributed by atoms with Crippen LogP contribution in [0.25, 0.3) is 5.70 Å². The monoisotopic (exact) mass is 310 g/mol. The van der Waals surface area contributed by atoms with Gasteiger partial charge in [-0.2, -0.15) is 0 Å². The number of carboxylic acid groups (broad SMARTS) is 1. The van der Waals surface area contributed by atoms with Gasteiger partial charge in [-0.1, -0.05) is 18.7 Å². The average molecular weight is 310 g/mol. The van der Waals surface area contributed by atoms with Crippen LogP contribution in [0, 0.1) is 5.82 Å². The van der Waals surface area contributed by atoms with Crippen LogP contribution in [0.1, 0.15) is 21.5 Å². The number of hydrogen-bond acceptors (Lipinski definition) is 3. The molecule has 0 radical (unpaired) electrons. The number of aromatic carboxylic acids is 1. The lowest BCUT2D eigenvalue weighted by atomic mass is 10.1. The number of halogens is 1. The van der Waals surface area contributed by atoms with Gasteiger partial charge in [0.15, 0.2) is 0 Å². The molecule has 0 aliphatic carbocycles. The van der Waals surface area contributed by atoms with Gasteiger partial charge in [0.05, 0.1) is 17.0 Å². The van der Waals surface area contributed by atoms with Gasteiger partial charge in [0.2, 0.25) is 0 Å². The molecule has 0 saturated carbocycles. The topological polar surface area (TPSA) is 75.7 Å². The molecule has 0 fully saturated rings. The summed E-state index contributed by atoms with van der Waals surface area (Å²) in [5.41, 5.74) is 7.97. The summed E-state index contributed by atoms with van der Waals surface area (Å²) in [7, 11) is 0. The molecule has 0 amide bonds. The molecule has 3 N–H and O–H groups in total. The third-order valence-corrected chi connectivity index (χ3v) is 3.11. The van der Waals surface area contributed by atoms with Gasteiger partial charge in [0.1, 0.15) is 5.82 Å². The quantitative estimate of drug-likeness (QED) is 0.830. The van der Waals surface area contributed by atoms with Gasteiger partial charge in [-0.15, -0.1) is 0 Å². The maximum absolute atomic E-state index is 13.0. The standard InChI is InChI=1S/C18H15FN2O2/c1-12(13-6-8-16(19)9-7-13)21-17(10-11-20)14-2-4-15(5-3-14)18(22)23/h2-11H,1,20H2,(H,22,23)/b11-10-,21-17?. The summed E-state index contributed by atoms with van der Waals surface area (Å²) < 4.78 is 13.0. The summed E-state index contributed by atoms with van der Waals surface area (Å²) >= 11 is 0. The Kier molecular flexibility index (Phi) is 5.04. The molecule has 2 aromatic carbocycles. The van der Waals surface area contributed by atoms with Crippen molar-refractivity contribution in [2.75, 3.05) is 0 Å². The Morgan fingerprint density at radius 3 is 2.09 bits per heavy atom. The van der Waals surface area contributed by atoms with Crippen LogP contribution >= 0.6 is 0 Å². The molecule has 0 atom stereocenters. The van der Waals surface area contributed by atoms with Crippen LogP contribution in [-0.2, 0) is 0 Å². The van der Waals surface area contributed by atoms with E-state index in [-0.39, 0.29) is 11.4 Å². The highest BCUT2D eigenvalue weighted by molar-refractivity contribution is 6.11. The highest BCUT2D eigenvalue weighted by Crippen LogP contribution is 2.17. The molecule has 0 aromatic heterocycles. The second-order valence-electron chi connectivity index (χ2n) is 4.69. The minimum absolute atomic E-state index is 0.183. The van der Waals surface area contributed by atoms with Gasteiger partial charge in [-0.05, 0) is 54.2 Å². The number of benzene rings is 2. The lowest BCUT2D eigenvalue weighted by Gasteiger charge is -2.05. The summed E-state index contributed by atoms with van der Waals surface area (Å²) in [6.07, 6.45) is 2.92. The Labute approximate surface area is 133 Å². The Hall–Kier alpha value is -3.21. The molecule has 0 aliphatic heterocycles. The van der Waals surface area contributed by atoms with Crippen molar-refractivity contribution in [3.63, 3.8) is 0 Å². The first-order chi connectivity index (χ1) is 11.0. The van der Waals surface area contributed by atoms with Crippen LogP contribution in [0.4, 0.5) is 4.39 Å². The van der Waals surface area contributed by atoms with Gasteiger partial charge >= 0.3 is 5.97 Å². The van der Waals surface area contributed by atoms with Crippen LogP contribution < -0.4 is 5.73 Å². The smallest absolute Gasteiger partial charge is 0.335 e. The van der Waals surface area contributed by atoms with Crippen LogP contribution in [0.15, 0.2) is 72.4 Å². The fourth-order valence-electron chi connectivity index (χ4n) is 1.92. The maximum atomic E-state index is 13.0. The van der Waals surface area contributed by atoms with Crippen molar-refractivity contribution >= 4 is 17.4 Å². The van der Waals surface area contributed by atoms with Gasteiger partial charge in [-0.25, -0.2) is 14.2 Å². The molecule has 2 rings (SSSR count). The van der Waals surface area contributed by atoms with E-state index in [2.05, 4.69) is 11.6 Å². The number of aliphatic imine (C=N–C) groups is 1. The van der Waals surface area contributed by atoms with Crippen LogP contribution in [0.5, 0.6) is 0 Å². The van der Waals surface area contributed by atoms with Crippen molar-refractivity contribution in [1.29, 1.82) is 0 Å². The predicted octanol–water partition coefficient (Wildman–Crippen LogP) is 3.46. The van der Waals surface area contributed by atoms with Crippen molar-refractivity contribution in [1.82, 2.24) is 0 Å². The number of carboxylic acids is 1. The van der Waals surface area contributed by atoms with E-state index in [1.165, 1.54) is 30.5 Å². The van der Waals surface area contributed by atoms with E-state index >= 15 is 0 Å². The number of nitrogens with zero attached hydrogens (tertiary/aromatic N) is 1. The van der Waals surface area contributed by atoms with Gasteiger partial charge in [-0.3, -0.25) is 0 Å². The van der Waals surface area contributed by atoms with Gasteiger partial charge in [0, 0.05) is 5.56 Å². The van der Waals surface area contributed by atoms with Crippen molar-refractivity contribution in [2.45, 2.75) is 0 Å². The van der Waals surface area contributed by atoms with Gasteiger partial charge < -0.3 is 10.8 Å². The molecular formula is C18H15FN2O2. The SMILES string of the molecule is C=C(N=C(/C=C\N)c1ccc(C(=O)O)cc1)c1ccc(F)cc1. The molecule has 23 heavy (non-hydrogen) atoms. The zero-order valence-electron chi connectivity index (χ0n) is 12.2. The molecule has 5 heteroatoms. The van der Waals surface area contributed by atoms with Crippen LogP contribution in [0.3, 0.4) is 0 Å². The number of hydrogen-bond donors (Lipinski definition) is 2. The van der Waals surface area contributed by atoms with E-state index < -0.39 is 5.97 Å². The lowest BCUT2D eigenvalue weighted by molar-refractivity contribution is 0.0697. The Morgan fingerprint density at radius 1 is 1.04 bits per heavy atom. The fraction of sp³-hybridized carbons (Fsp3) is 0. The van der Waals surface area contributed by atoms with E-state index in [0.717, 1.165) is 0 Å². The number of allylic oxidation sites excluding steroid dienone is 1. The van der Waals surface area contributed by atoms with Crippen molar-refractivity contribution in [3.05, 3.63) is 89.9 Å². The Morgan fingerprint density at radius 2 is 1.57 bits per heavy atom. The van der Waals surface area contributed by atoms with E-state index in [1.54, 1.807) is 30.3 Å². The first kappa shape index (κ1) is 16.2. The summed E-state index contributed by atoms with van der Waals surface area (Å²) in [6, 6.07) is 12.1. The molecule has 0 saturated heterocycles. The van der Waals surface area contributed by atoms with E-state index in [0.29, 0.717) is 22.5 Å². The van der Waals surface area contributed by atoms with Crippen molar-refractivity contribution in [3.8, 4) is 0 Å². The molecule has 2 aromatic rings. The zero-order chi connectivity index (χ0) is 16.8. The second-order valence-corrected chi connectivity index (χ2v) is 4.69. The molecular weight excluding hydrogens is 295 g/mol. The first-order valence-electron chi connectivity index (χ1n) is 6.77. The third-order valence-electron chi connectivity index (χ3n) is 3.11. The third kappa shape index (κ3) is 4.14. The summed E-state index contributed by atoms with van der Waals surface area (Å²) in [5.74, 6) is -1.34. The van der Waals surface area contributed by atoms with Crippen molar-refractivity contribution in [2.24, 2.45) is 10.7 Å². The summed E-state index contributed by atoms with van der Waals surface area (Å²) in [4.78, 5) is 15.3. The molecule has 0 aliphatic rings. The predicted molar refractivity (Wildman–Crippen MR) is 88.7 cm³/mol. The molecule has 4 nitrogen and oxygen atoms in total. The van der Waals surface area contributed by atoms with Crippen molar-refractivity contribution < 1.29 is 14.3 Å². The van der Waals surface area contributed by atoms with Gasteiger partial charge in [0.25, 0.3) is 0 Å². The minimum Gasteiger partial charge on any atom is -0.478 e. The Bertz CT molecular complexity index is 776. The normalized spacial score (nSPS) is 11.6. The van der Waals surface area contributed by atoms with E-state index in [9.17, 15) is 9.18 Å². The minimum atomic E-state index is -1.000. The van der Waals surface area contributed by atoms with E-state index in [4.69, 9.17) is 10.8 Å². The van der Waals surface area contributed by atoms with E-state index in [1.807, 2.05) is 0 Å². The second kappa shape index (κ2) is 7.17. The number of carbonyl (C=O) groups is 1. The highest BCUT2D eigenvalue weighted by atomic mass is 19.1. The lowest BCUT2D eigenvalue weighted by Crippen LogP contribution is -2.01. The summed E-state index contributed by atoms with van der Waals surface area (Å²) in [5, 5.41) is 8.93. The summed E-state index contributed by atoms with van der Waals surface area (Å²) in [6.45, 7) is 3.87. The number of rotatable bonds is 5.